The number of carbonyl (C=O) groups excluding carboxylic acids is 2. The van der Waals surface area contributed by atoms with Crippen molar-refractivity contribution in [3.8, 4) is 0 Å². The van der Waals surface area contributed by atoms with Gasteiger partial charge in [-0.3, -0.25) is 18.6 Å². The van der Waals surface area contributed by atoms with Crippen LogP contribution >= 0.6 is 7.82 Å². The second-order valence-corrected chi connectivity index (χ2v) is 17.9. The molecule has 0 fully saturated rings. The molecule has 9 nitrogen and oxygen atoms in total. The average molecular weight is 830 g/mol. The van der Waals surface area contributed by atoms with Gasteiger partial charge in [0.05, 0.1) is 13.2 Å². The fourth-order valence-corrected chi connectivity index (χ4v) is 7.97. The van der Waals surface area contributed by atoms with Crippen molar-refractivity contribution < 1.29 is 37.6 Å². The molecule has 0 aliphatic heterocycles. The first-order valence-electron chi connectivity index (χ1n) is 24.1. The molecule has 57 heavy (non-hydrogen) atoms. The Morgan fingerprint density at radius 3 is 1.26 bits per heavy atom. The molecule has 0 amide bonds. The van der Waals surface area contributed by atoms with Crippen LogP contribution in [0.5, 0.6) is 0 Å². The summed E-state index contributed by atoms with van der Waals surface area (Å²) in [5.74, 6) is -0.816. The van der Waals surface area contributed by atoms with E-state index >= 15 is 0 Å². The van der Waals surface area contributed by atoms with Crippen molar-refractivity contribution in [3.63, 3.8) is 0 Å². The molecule has 0 spiro atoms. The maximum atomic E-state index is 12.6. The molecule has 0 bridgehead atoms. The Bertz CT molecular complexity index is 935. The number of unbranched alkanes of at least 4 members (excludes halogenated alkanes) is 33. The molecule has 0 aliphatic rings. The predicted molar refractivity (Wildman–Crippen MR) is 238 cm³/mol. The van der Waals surface area contributed by atoms with Crippen molar-refractivity contribution in [1.82, 2.24) is 0 Å². The van der Waals surface area contributed by atoms with Crippen molar-refractivity contribution in [2.24, 2.45) is 5.73 Å². The highest BCUT2D eigenvalue weighted by Crippen LogP contribution is 2.43. The first-order valence-corrected chi connectivity index (χ1v) is 25.6. The van der Waals surface area contributed by atoms with Crippen LogP contribution in [0.1, 0.15) is 244 Å². The minimum absolute atomic E-state index is 0.0562. The van der Waals surface area contributed by atoms with Gasteiger partial charge in [0.1, 0.15) is 6.61 Å². The normalized spacial score (nSPS) is 13.0. The molecule has 1 unspecified atom stereocenters. The first kappa shape index (κ1) is 55.8. The Kier molecular flexibility index (Phi) is 43.3. The zero-order valence-corrected chi connectivity index (χ0v) is 38.1. The highest BCUT2D eigenvalue weighted by molar-refractivity contribution is 7.47. The number of carbonyl (C=O) groups is 2. The van der Waals surface area contributed by atoms with Gasteiger partial charge in [-0.2, -0.15) is 0 Å². The van der Waals surface area contributed by atoms with Gasteiger partial charge in [0.2, 0.25) is 0 Å². The first-order chi connectivity index (χ1) is 27.8. The number of esters is 2. The van der Waals surface area contributed by atoms with Gasteiger partial charge in [-0.1, -0.05) is 212 Å². The molecular weight excluding hydrogens is 737 g/mol. The summed E-state index contributed by atoms with van der Waals surface area (Å²) in [4.78, 5) is 35.0. The van der Waals surface area contributed by atoms with Crippen LogP contribution < -0.4 is 5.73 Å². The van der Waals surface area contributed by atoms with E-state index in [4.69, 9.17) is 24.3 Å². The molecule has 2 atom stereocenters. The molecule has 0 aromatic rings. The maximum Gasteiger partial charge on any atom is 0.472 e. The van der Waals surface area contributed by atoms with Crippen LogP contribution in [0.4, 0.5) is 0 Å². The molecule has 0 aliphatic carbocycles. The molecule has 10 heteroatoms. The molecule has 0 aromatic heterocycles. The lowest BCUT2D eigenvalue weighted by Crippen LogP contribution is -2.29. The van der Waals surface area contributed by atoms with Crippen molar-refractivity contribution in [3.05, 3.63) is 12.7 Å². The third kappa shape index (κ3) is 44.1. The van der Waals surface area contributed by atoms with Gasteiger partial charge in [-0.25, -0.2) is 4.57 Å². The molecule has 338 valence electrons. The number of rotatable bonds is 47. The Labute approximate surface area is 351 Å². The number of hydrogen-bond donors (Lipinski definition) is 2. The fourth-order valence-electron chi connectivity index (χ4n) is 7.21. The second-order valence-electron chi connectivity index (χ2n) is 16.4. The highest BCUT2D eigenvalue weighted by atomic mass is 31.2. The molecule has 0 radical (unpaired) electrons. The van der Waals surface area contributed by atoms with Crippen LogP contribution in [0.15, 0.2) is 12.7 Å². The van der Waals surface area contributed by atoms with E-state index in [-0.39, 0.29) is 38.6 Å². The van der Waals surface area contributed by atoms with Crippen LogP contribution in [0.3, 0.4) is 0 Å². The molecule has 0 aromatic carbocycles. The van der Waals surface area contributed by atoms with Gasteiger partial charge in [-0.05, 0) is 25.7 Å². The fraction of sp³-hybridized carbons (Fsp3) is 0.915. The monoisotopic (exact) mass is 830 g/mol. The lowest BCUT2D eigenvalue weighted by molar-refractivity contribution is -0.161. The van der Waals surface area contributed by atoms with E-state index in [0.717, 1.165) is 38.5 Å². The largest absolute Gasteiger partial charge is 0.472 e. The van der Waals surface area contributed by atoms with Crippen molar-refractivity contribution in [2.45, 2.75) is 251 Å². The van der Waals surface area contributed by atoms with E-state index in [0.29, 0.717) is 6.42 Å². The number of phosphoric acid groups is 1. The minimum atomic E-state index is -4.37. The zero-order valence-electron chi connectivity index (χ0n) is 37.2. The maximum absolute atomic E-state index is 12.6. The number of phosphoric ester groups is 1. The number of hydrogen-bond acceptors (Lipinski definition) is 8. The SMILES string of the molecule is C=CCCCCCCCCCCCCCCCC(=O)OC[C@H](COP(=O)(O)OCCN)OC(=O)CCCCCCCCCCCCCCCCCCCCCCC. The molecule has 0 saturated heterocycles. The molecule has 0 rings (SSSR count). The molecule has 0 saturated carbocycles. The van der Waals surface area contributed by atoms with Gasteiger partial charge in [-0.15, -0.1) is 6.58 Å². The Morgan fingerprint density at radius 1 is 0.544 bits per heavy atom. The molecule has 3 N–H and O–H groups in total. The lowest BCUT2D eigenvalue weighted by Gasteiger charge is -2.19. The number of nitrogens with two attached hydrogens (primary N) is 1. The van der Waals surface area contributed by atoms with Crippen LogP contribution in [-0.2, 0) is 32.7 Å². The average Bonchev–Trinajstić information content (AvgIpc) is 3.20. The standard InChI is InChI=1S/C47H92NO8P/c1-3-5-7-9-11-13-15-17-19-20-21-22-23-24-26-28-30-32-34-36-38-40-47(50)56-45(44-55-57(51,52)54-42-41-48)43-53-46(49)39-37-35-33-31-29-27-25-18-16-14-12-10-8-6-4-2/h4,45H,2-3,5-44,48H2,1H3,(H,51,52)/t45-/m1/s1. The van der Waals surface area contributed by atoms with Crippen molar-refractivity contribution >= 4 is 19.8 Å². The van der Waals surface area contributed by atoms with Crippen LogP contribution in [0.2, 0.25) is 0 Å². The molecular formula is C47H92NO8P. The van der Waals surface area contributed by atoms with Gasteiger partial charge in [0, 0.05) is 19.4 Å². The second kappa shape index (κ2) is 44.3. The number of ether oxygens (including phenoxy) is 2. The zero-order chi connectivity index (χ0) is 41.8. The topological polar surface area (TPSA) is 134 Å². The predicted octanol–water partition coefficient (Wildman–Crippen LogP) is 14.2. The molecule has 0 heterocycles. The van der Waals surface area contributed by atoms with Crippen LogP contribution in [0, 0.1) is 0 Å². The summed E-state index contributed by atoms with van der Waals surface area (Å²) in [6.07, 6.45) is 45.7. The smallest absolute Gasteiger partial charge is 0.462 e. The van der Waals surface area contributed by atoms with E-state index in [1.165, 1.54) is 180 Å². The lowest BCUT2D eigenvalue weighted by atomic mass is 10.0. The van der Waals surface area contributed by atoms with E-state index in [1.807, 2.05) is 6.08 Å². The Morgan fingerprint density at radius 2 is 0.895 bits per heavy atom. The summed E-state index contributed by atoms with van der Waals surface area (Å²) < 4.78 is 32.9. The van der Waals surface area contributed by atoms with Crippen LogP contribution in [-0.4, -0.2) is 49.3 Å². The quantitative estimate of drug-likeness (QED) is 0.0266. The van der Waals surface area contributed by atoms with Crippen molar-refractivity contribution in [1.29, 1.82) is 0 Å². The van der Waals surface area contributed by atoms with Crippen LogP contribution in [0.25, 0.3) is 0 Å². The van der Waals surface area contributed by atoms with Gasteiger partial charge >= 0.3 is 19.8 Å². The number of allylic oxidation sites excluding steroid dienone is 1. The Hall–Kier alpha value is -1.25. The summed E-state index contributed by atoms with van der Waals surface area (Å²) >= 11 is 0. The van der Waals surface area contributed by atoms with E-state index in [2.05, 4.69) is 13.5 Å². The minimum Gasteiger partial charge on any atom is -0.462 e. The van der Waals surface area contributed by atoms with Gasteiger partial charge in [0.15, 0.2) is 6.10 Å². The van der Waals surface area contributed by atoms with E-state index < -0.39 is 26.5 Å². The summed E-state index contributed by atoms with van der Waals surface area (Å²) in [7, 11) is -4.37. The van der Waals surface area contributed by atoms with Gasteiger partial charge in [0.25, 0.3) is 0 Å². The summed E-state index contributed by atoms with van der Waals surface area (Å²) in [6, 6.07) is 0. The summed E-state index contributed by atoms with van der Waals surface area (Å²) in [6.45, 7) is 5.30. The summed E-state index contributed by atoms with van der Waals surface area (Å²) in [5, 5.41) is 0. The third-order valence-corrected chi connectivity index (χ3v) is 11.8. The van der Waals surface area contributed by atoms with E-state index in [1.54, 1.807) is 0 Å². The Balaban J connectivity index is 4.01. The third-order valence-electron chi connectivity index (χ3n) is 10.8. The van der Waals surface area contributed by atoms with E-state index in [9.17, 15) is 19.0 Å². The summed E-state index contributed by atoms with van der Waals surface area (Å²) in [5.41, 5.74) is 5.36. The van der Waals surface area contributed by atoms with Crippen molar-refractivity contribution in [2.75, 3.05) is 26.4 Å². The van der Waals surface area contributed by atoms with Gasteiger partial charge < -0.3 is 20.1 Å². The highest BCUT2D eigenvalue weighted by Gasteiger charge is 2.26.